The minimum Gasteiger partial charge on any atom is -0.327 e. The molecule has 4 rings (SSSR count). The van der Waals surface area contributed by atoms with Crippen LogP contribution in [-0.4, -0.2) is 27.4 Å². The van der Waals surface area contributed by atoms with Crippen LogP contribution in [0.25, 0.3) is 0 Å². The molecule has 4 atom stereocenters. The number of nitrogens with two attached hydrogens (primary N) is 1. The van der Waals surface area contributed by atoms with E-state index in [2.05, 4.69) is 5.32 Å². The zero-order valence-electron chi connectivity index (χ0n) is 15.8. The second-order valence-corrected chi connectivity index (χ2v) is 9.73. The number of hydrogen-bond donors (Lipinski definition) is 2. The largest absolute Gasteiger partial charge is 0.327 e. The fourth-order valence-corrected chi connectivity index (χ4v) is 5.86. The van der Waals surface area contributed by atoms with E-state index in [1.54, 1.807) is 36.4 Å². The molecule has 7 heteroatoms. The Morgan fingerprint density at radius 2 is 1.79 bits per heavy atom. The molecule has 6 nitrogen and oxygen atoms in total. The highest BCUT2D eigenvalue weighted by atomic mass is 32.2. The fourth-order valence-electron chi connectivity index (χ4n) is 4.62. The van der Waals surface area contributed by atoms with Crippen molar-refractivity contribution < 1.29 is 13.2 Å². The van der Waals surface area contributed by atoms with E-state index in [9.17, 15) is 13.2 Å². The number of nitrogens with zero attached hydrogens (tertiary/aromatic N) is 1. The van der Waals surface area contributed by atoms with Crippen LogP contribution in [0.4, 0.5) is 11.4 Å². The molecular weight excluding hydrogens is 374 g/mol. The smallest absolute Gasteiger partial charge is 0.264 e. The van der Waals surface area contributed by atoms with Crippen LogP contribution in [0.1, 0.15) is 19.3 Å². The molecule has 3 N–H and O–H groups in total. The zero-order valence-corrected chi connectivity index (χ0v) is 16.6. The van der Waals surface area contributed by atoms with Crippen LogP contribution >= 0.6 is 0 Å². The second kappa shape index (κ2) is 7.22. The number of anilines is 2. The molecule has 1 amide bonds. The lowest BCUT2D eigenvalue weighted by Gasteiger charge is -2.27. The van der Waals surface area contributed by atoms with Gasteiger partial charge in [0.15, 0.2) is 0 Å². The molecular formula is C21H25N3O3S. The number of carbonyl (C=O) groups excluding carboxylic acids is 1. The molecule has 2 bridgehead atoms. The first-order chi connectivity index (χ1) is 13.4. The number of amides is 1. The second-order valence-electron chi connectivity index (χ2n) is 7.76. The highest BCUT2D eigenvalue weighted by Gasteiger charge is 2.49. The first-order valence-electron chi connectivity index (χ1n) is 9.58. The van der Waals surface area contributed by atoms with Crippen molar-refractivity contribution in [3.05, 3.63) is 54.6 Å². The van der Waals surface area contributed by atoms with Crippen LogP contribution in [-0.2, 0) is 14.8 Å². The van der Waals surface area contributed by atoms with Gasteiger partial charge in [-0.3, -0.25) is 9.10 Å². The molecule has 148 valence electrons. The van der Waals surface area contributed by atoms with Gasteiger partial charge in [0.05, 0.1) is 16.5 Å². The maximum atomic E-state index is 13.0. The van der Waals surface area contributed by atoms with E-state index in [-0.39, 0.29) is 22.8 Å². The molecule has 2 aliphatic carbocycles. The number of fused-ring (bicyclic) bond motifs is 2. The number of nitrogens with one attached hydrogen (secondary N) is 1. The van der Waals surface area contributed by atoms with Gasteiger partial charge in [-0.15, -0.1) is 0 Å². The van der Waals surface area contributed by atoms with E-state index in [0.717, 1.165) is 19.3 Å². The van der Waals surface area contributed by atoms with Gasteiger partial charge in [0.25, 0.3) is 10.0 Å². The van der Waals surface area contributed by atoms with Crippen molar-refractivity contribution in [2.45, 2.75) is 30.2 Å². The lowest BCUT2D eigenvalue weighted by Crippen LogP contribution is -2.42. The molecule has 2 saturated carbocycles. The normalized spacial score (nSPS) is 26.2. The average Bonchev–Trinajstić information content (AvgIpc) is 3.29. The van der Waals surface area contributed by atoms with Gasteiger partial charge in [0.2, 0.25) is 5.91 Å². The molecule has 0 aromatic heterocycles. The highest BCUT2D eigenvalue weighted by molar-refractivity contribution is 7.92. The molecule has 0 saturated heterocycles. The van der Waals surface area contributed by atoms with Crippen molar-refractivity contribution in [1.82, 2.24) is 0 Å². The molecule has 0 aliphatic heterocycles. The van der Waals surface area contributed by atoms with Crippen molar-refractivity contribution in [1.29, 1.82) is 0 Å². The predicted octanol–water partition coefficient (Wildman–Crippen LogP) is 2.82. The minimum absolute atomic E-state index is 0.102. The average molecular weight is 400 g/mol. The maximum absolute atomic E-state index is 13.0. The molecule has 2 aromatic carbocycles. The van der Waals surface area contributed by atoms with E-state index in [4.69, 9.17) is 5.73 Å². The van der Waals surface area contributed by atoms with Crippen molar-refractivity contribution in [3.63, 3.8) is 0 Å². The Morgan fingerprint density at radius 1 is 1.07 bits per heavy atom. The molecule has 28 heavy (non-hydrogen) atoms. The van der Waals surface area contributed by atoms with Gasteiger partial charge in [0, 0.05) is 18.8 Å². The van der Waals surface area contributed by atoms with Crippen LogP contribution in [0.5, 0.6) is 0 Å². The first-order valence-corrected chi connectivity index (χ1v) is 11.0. The van der Waals surface area contributed by atoms with Crippen LogP contribution in [0.3, 0.4) is 0 Å². The van der Waals surface area contributed by atoms with Crippen LogP contribution in [0.15, 0.2) is 59.5 Å². The molecule has 2 aromatic rings. The monoisotopic (exact) mass is 399 g/mol. The van der Waals surface area contributed by atoms with E-state index >= 15 is 0 Å². The summed E-state index contributed by atoms with van der Waals surface area (Å²) in [6.07, 6.45) is 3.18. The SMILES string of the molecule is CN(c1ccccc1)S(=O)(=O)c1cccc(NC(=O)C2C3CCC(C3)C2N)c1. The number of rotatable bonds is 5. The molecule has 2 fully saturated rings. The topological polar surface area (TPSA) is 92.5 Å². The Hall–Kier alpha value is -2.38. The third-order valence-corrected chi connectivity index (χ3v) is 7.94. The summed E-state index contributed by atoms with van der Waals surface area (Å²) in [7, 11) is -2.21. The summed E-state index contributed by atoms with van der Waals surface area (Å²) in [6, 6.07) is 15.2. The van der Waals surface area contributed by atoms with Gasteiger partial charge < -0.3 is 11.1 Å². The van der Waals surface area contributed by atoms with Crippen LogP contribution in [0, 0.1) is 17.8 Å². The Labute approximate surface area is 165 Å². The van der Waals surface area contributed by atoms with Crippen LogP contribution in [0.2, 0.25) is 0 Å². The van der Waals surface area contributed by atoms with Crippen LogP contribution < -0.4 is 15.4 Å². The Morgan fingerprint density at radius 3 is 2.46 bits per heavy atom. The highest BCUT2D eigenvalue weighted by Crippen LogP contribution is 2.47. The Balaban J connectivity index is 1.54. The van der Waals surface area contributed by atoms with Crippen molar-refractivity contribution in [2.24, 2.45) is 23.5 Å². The summed E-state index contributed by atoms with van der Waals surface area (Å²) >= 11 is 0. The molecule has 2 aliphatic rings. The number of hydrogen-bond acceptors (Lipinski definition) is 4. The third kappa shape index (κ3) is 3.29. The lowest BCUT2D eigenvalue weighted by atomic mass is 9.84. The molecule has 0 radical (unpaired) electrons. The zero-order chi connectivity index (χ0) is 19.9. The summed E-state index contributed by atoms with van der Waals surface area (Å²) in [5.41, 5.74) is 7.31. The molecule has 4 unspecified atom stereocenters. The summed E-state index contributed by atoms with van der Waals surface area (Å²) < 4.78 is 27.2. The van der Waals surface area contributed by atoms with Crippen molar-refractivity contribution in [3.8, 4) is 0 Å². The van der Waals surface area contributed by atoms with E-state index in [1.165, 1.54) is 23.5 Å². The van der Waals surface area contributed by atoms with Gasteiger partial charge in [-0.1, -0.05) is 24.3 Å². The number of benzene rings is 2. The van der Waals surface area contributed by atoms with Gasteiger partial charge >= 0.3 is 0 Å². The maximum Gasteiger partial charge on any atom is 0.264 e. The summed E-state index contributed by atoms with van der Waals surface area (Å²) in [5.74, 6) is 0.486. The quantitative estimate of drug-likeness (QED) is 0.809. The molecule has 0 heterocycles. The third-order valence-electron chi connectivity index (χ3n) is 6.16. The van der Waals surface area contributed by atoms with Gasteiger partial charge in [-0.2, -0.15) is 0 Å². The standard InChI is InChI=1S/C21H25N3O3S/c1-24(17-7-3-2-4-8-17)28(26,27)18-9-5-6-16(13-18)23-21(25)19-14-10-11-15(12-14)20(19)22/h2-9,13-15,19-20H,10-12,22H2,1H3,(H,23,25). The van der Waals surface area contributed by atoms with Crippen molar-refractivity contribution >= 4 is 27.3 Å². The number of para-hydroxylation sites is 1. The van der Waals surface area contributed by atoms with Gasteiger partial charge in [0.1, 0.15) is 0 Å². The first kappa shape index (κ1) is 19.0. The summed E-state index contributed by atoms with van der Waals surface area (Å²) in [6.45, 7) is 0. The minimum atomic E-state index is -3.73. The summed E-state index contributed by atoms with van der Waals surface area (Å²) in [4.78, 5) is 12.9. The van der Waals surface area contributed by atoms with E-state index < -0.39 is 10.0 Å². The van der Waals surface area contributed by atoms with Gasteiger partial charge in [-0.05, 0) is 61.4 Å². The predicted molar refractivity (Wildman–Crippen MR) is 109 cm³/mol. The van der Waals surface area contributed by atoms with Gasteiger partial charge in [-0.25, -0.2) is 8.42 Å². The molecule has 0 spiro atoms. The van der Waals surface area contributed by atoms with E-state index in [1.807, 2.05) is 6.07 Å². The lowest BCUT2D eigenvalue weighted by molar-refractivity contribution is -0.121. The summed E-state index contributed by atoms with van der Waals surface area (Å²) in [5, 5.41) is 2.89. The number of sulfonamides is 1. The fraction of sp³-hybridized carbons (Fsp3) is 0.381. The van der Waals surface area contributed by atoms with E-state index in [0.29, 0.717) is 23.2 Å². The Kier molecular flexibility index (Phi) is 4.89. The number of carbonyl (C=O) groups is 1. The Bertz CT molecular complexity index is 975. The van der Waals surface area contributed by atoms with Crippen molar-refractivity contribution in [2.75, 3.05) is 16.7 Å².